The molecule has 138 valence electrons. The Balaban J connectivity index is 1.72. The second kappa shape index (κ2) is 6.62. The summed E-state index contributed by atoms with van der Waals surface area (Å²) in [7, 11) is 0. The molecule has 0 spiro atoms. The Hall–Kier alpha value is -3.01. The van der Waals surface area contributed by atoms with Crippen LogP contribution in [0.25, 0.3) is 5.69 Å². The smallest absolute Gasteiger partial charge is 0.166 e. The van der Waals surface area contributed by atoms with E-state index >= 15 is 0 Å². The molecule has 3 aromatic rings. The maximum atomic E-state index is 14.5. The van der Waals surface area contributed by atoms with Crippen LogP contribution in [0.4, 0.5) is 8.78 Å². The Kier molecular flexibility index (Phi) is 4.27. The average molecular weight is 367 g/mol. The largest absolute Gasteiger partial charge is 0.271 e. The van der Waals surface area contributed by atoms with Crippen molar-refractivity contribution in [3.05, 3.63) is 64.2 Å². The molecule has 0 aliphatic heterocycles. The maximum Gasteiger partial charge on any atom is 0.166 e. The topological polar surface area (TPSA) is 59.4 Å². The quantitative estimate of drug-likeness (QED) is 0.688. The fraction of sp³-hybridized carbons (Fsp3) is 0.350. The van der Waals surface area contributed by atoms with Gasteiger partial charge in [-0.05, 0) is 50.3 Å². The SMILES string of the molecule is Cc1cc(Cc2cn(CC3CC3)nc2C#N)n(-c2c(C)cc(F)cc2F)n1. The van der Waals surface area contributed by atoms with Crippen LogP contribution in [0.1, 0.15) is 41.1 Å². The number of benzene rings is 1. The first-order valence-electron chi connectivity index (χ1n) is 8.92. The van der Waals surface area contributed by atoms with Crippen molar-refractivity contribution < 1.29 is 8.78 Å². The third-order valence-corrected chi connectivity index (χ3v) is 4.79. The molecular formula is C20H19F2N5. The van der Waals surface area contributed by atoms with Gasteiger partial charge in [-0.15, -0.1) is 0 Å². The van der Waals surface area contributed by atoms with E-state index in [-0.39, 0.29) is 5.69 Å². The van der Waals surface area contributed by atoms with Crippen LogP contribution in [0.5, 0.6) is 0 Å². The molecule has 2 aromatic heterocycles. The standard InChI is InChI=1S/C20H19F2N5/c1-12-5-16(21)8-18(22)20(12)27-17(6-13(2)24-27)7-15-11-26(10-14-3-4-14)25-19(15)9-23/h5-6,8,11,14H,3-4,7,10H2,1-2H3. The predicted molar refractivity (Wildman–Crippen MR) is 95.4 cm³/mol. The molecule has 0 radical (unpaired) electrons. The molecule has 7 heteroatoms. The lowest BCUT2D eigenvalue weighted by molar-refractivity contribution is 0.561. The van der Waals surface area contributed by atoms with Crippen molar-refractivity contribution >= 4 is 0 Å². The molecule has 0 saturated heterocycles. The normalized spacial score (nSPS) is 13.7. The molecule has 0 bridgehead atoms. The number of nitriles is 1. The van der Waals surface area contributed by atoms with Crippen molar-refractivity contribution in [2.45, 2.75) is 39.7 Å². The molecule has 1 aliphatic rings. The summed E-state index contributed by atoms with van der Waals surface area (Å²) < 4.78 is 31.2. The van der Waals surface area contributed by atoms with Gasteiger partial charge in [0.15, 0.2) is 11.5 Å². The first-order chi connectivity index (χ1) is 12.9. The Labute approximate surface area is 155 Å². The minimum Gasteiger partial charge on any atom is -0.271 e. The lowest BCUT2D eigenvalue weighted by Gasteiger charge is -2.11. The molecule has 0 amide bonds. The minimum atomic E-state index is -0.665. The van der Waals surface area contributed by atoms with Crippen LogP contribution in [0.15, 0.2) is 24.4 Å². The van der Waals surface area contributed by atoms with Gasteiger partial charge in [-0.3, -0.25) is 4.68 Å². The van der Waals surface area contributed by atoms with E-state index in [0.717, 1.165) is 29.6 Å². The molecule has 27 heavy (non-hydrogen) atoms. The van der Waals surface area contributed by atoms with Gasteiger partial charge in [-0.25, -0.2) is 13.5 Å². The highest BCUT2D eigenvalue weighted by Gasteiger charge is 2.23. The van der Waals surface area contributed by atoms with E-state index in [1.807, 2.05) is 23.9 Å². The number of hydrogen-bond acceptors (Lipinski definition) is 3. The van der Waals surface area contributed by atoms with Crippen LogP contribution in [0.3, 0.4) is 0 Å². The van der Waals surface area contributed by atoms with Crippen molar-refractivity contribution in [3.8, 4) is 11.8 Å². The predicted octanol–water partition coefficient (Wildman–Crippen LogP) is 3.84. The van der Waals surface area contributed by atoms with Gasteiger partial charge in [0.05, 0.1) is 5.69 Å². The van der Waals surface area contributed by atoms with Crippen LogP contribution >= 0.6 is 0 Å². The second-order valence-electron chi connectivity index (χ2n) is 7.20. The van der Waals surface area contributed by atoms with E-state index < -0.39 is 11.6 Å². The summed E-state index contributed by atoms with van der Waals surface area (Å²) in [5, 5.41) is 18.2. The molecular weight excluding hydrogens is 348 g/mol. The number of hydrogen-bond donors (Lipinski definition) is 0. The molecule has 0 N–H and O–H groups in total. The Morgan fingerprint density at radius 1 is 1.19 bits per heavy atom. The lowest BCUT2D eigenvalue weighted by Crippen LogP contribution is -2.08. The van der Waals surface area contributed by atoms with Crippen LogP contribution in [0, 0.1) is 42.7 Å². The maximum absolute atomic E-state index is 14.5. The first kappa shape index (κ1) is 17.4. The summed E-state index contributed by atoms with van der Waals surface area (Å²) in [6, 6.07) is 6.13. The third-order valence-electron chi connectivity index (χ3n) is 4.79. The summed E-state index contributed by atoms with van der Waals surface area (Å²) in [6.07, 6.45) is 4.68. The summed E-state index contributed by atoms with van der Waals surface area (Å²) in [5.74, 6) is -0.637. The number of halogens is 2. The zero-order valence-corrected chi connectivity index (χ0v) is 15.2. The average Bonchev–Trinajstić information content (AvgIpc) is 3.21. The van der Waals surface area contributed by atoms with Gasteiger partial charge in [0.1, 0.15) is 17.6 Å². The van der Waals surface area contributed by atoms with Gasteiger partial charge in [-0.1, -0.05) is 0 Å². The molecule has 5 nitrogen and oxygen atoms in total. The Morgan fingerprint density at radius 2 is 1.96 bits per heavy atom. The molecule has 0 atom stereocenters. The van der Waals surface area contributed by atoms with Crippen molar-refractivity contribution in [3.63, 3.8) is 0 Å². The number of aromatic nitrogens is 4. The van der Waals surface area contributed by atoms with Gasteiger partial charge in [0, 0.05) is 36.5 Å². The third kappa shape index (κ3) is 3.47. The van der Waals surface area contributed by atoms with Gasteiger partial charge in [-0.2, -0.15) is 15.5 Å². The number of aryl methyl sites for hydroxylation is 2. The lowest BCUT2D eigenvalue weighted by atomic mass is 10.1. The minimum absolute atomic E-state index is 0.225. The summed E-state index contributed by atoms with van der Waals surface area (Å²) in [5.41, 5.74) is 3.28. The monoisotopic (exact) mass is 367 g/mol. The van der Waals surface area contributed by atoms with Crippen LogP contribution in [0.2, 0.25) is 0 Å². The highest BCUT2D eigenvalue weighted by Crippen LogP contribution is 2.31. The molecule has 4 rings (SSSR count). The zero-order valence-electron chi connectivity index (χ0n) is 15.2. The second-order valence-corrected chi connectivity index (χ2v) is 7.20. The molecule has 1 aliphatic carbocycles. The van der Waals surface area contributed by atoms with E-state index in [1.54, 1.807) is 6.92 Å². The Bertz CT molecular complexity index is 1030. The van der Waals surface area contributed by atoms with E-state index in [9.17, 15) is 14.0 Å². The summed E-state index contributed by atoms with van der Waals surface area (Å²) in [6.45, 7) is 4.29. The van der Waals surface area contributed by atoms with Gasteiger partial charge in [0.25, 0.3) is 0 Å². The molecule has 1 fully saturated rings. The van der Waals surface area contributed by atoms with Crippen LogP contribution < -0.4 is 0 Å². The zero-order chi connectivity index (χ0) is 19.1. The first-order valence-corrected chi connectivity index (χ1v) is 8.92. The van der Waals surface area contributed by atoms with Gasteiger partial charge in [0.2, 0.25) is 0 Å². The fourth-order valence-electron chi connectivity index (χ4n) is 3.38. The van der Waals surface area contributed by atoms with Gasteiger partial charge < -0.3 is 0 Å². The van der Waals surface area contributed by atoms with Crippen molar-refractivity contribution in [2.75, 3.05) is 0 Å². The van der Waals surface area contributed by atoms with E-state index in [0.29, 0.717) is 23.6 Å². The van der Waals surface area contributed by atoms with E-state index in [4.69, 9.17) is 0 Å². The highest BCUT2D eigenvalue weighted by molar-refractivity contribution is 5.44. The van der Waals surface area contributed by atoms with E-state index in [1.165, 1.54) is 23.6 Å². The molecule has 2 heterocycles. The Morgan fingerprint density at radius 3 is 2.63 bits per heavy atom. The van der Waals surface area contributed by atoms with E-state index in [2.05, 4.69) is 16.3 Å². The highest BCUT2D eigenvalue weighted by atomic mass is 19.1. The summed E-state index contributed by atoms with van der Waals surface area (Å²) >= 11 is 0. The van der Waals surface area contributed by atoms with Crippen LogP contribution in [-0.4, -0.2) is 19.6 Å². The van der Waals surface area contributed by atoms with Crippen molar-refractivity contribution in [1.82, 2.24) is 19.6 Å². The molecule has 1 saturated carbocycles. The number of rotatable bonds is 5. The number of nitrogens with zero attached hydrogens (tertiary/aromatic N) is 5. The van der Waals surface area contributed by atoms with Crippen molar-refractivity contribution in [1.29, 1.82) is 5.26 Å². The molecule has 1 aromatic carbocycles. The fourth-order valence-corrected chi connectivity index (χ4v) is 3.38. The van der Waals surface area contributed by atoms with Gasteiger partial charge >= 0.3 is 0 Å². The van der Waals surface area contributed by atoms with Crippen LogP contribution in [-0.2, 0) is 13.0 Å². The van der Waals surface area contributed by atoms with Crippen molar-refractivity contribution in [2.24, 2.45) is 5.92 Å². The molecule has 0 unspecified atom stereocenters. The summed E-state index contributed by atoms with van der Waals surface area (Å²) in [4.78, 5) is 0.